The molecule has 2 aromatic carbocycles. The lowest BCUT2D eigenvalue weighted by molar-refractivity contribution is -0.135. The number of hydrogen-bond donors (Lipinski definition) is 0. The minimum Gasteiger partial charge on any atom is -0.434 e. The maximum Gasteiger partial charge on any atom is 0.387 e. The predicted octanol–water partition coefficient (Wildman–Crippen LogP) is 4.76. The number of piperidine rings is 1. The fraction of sp³-hybridized carbons (Fsp3) is 0.367. The van der Waals surface area contributed by atoms with Gasteiger partial charge >= 0.3 is 6.61 Å². The Hall–Kier alpha value is -4.05. The van der Waals surface area contributed by atoms with Crippen LogP contribution in [0, 0.1) is 0 Å². The number of nitrogens with zero attached hydrogens (tertiary/aromatic N) is 4. The van der Waals surface area contributed by atoms with Gasteiger partial charge in [0.25, 0.3) is 5.56 Å². The molecule has 3 heterocycles. The first-order valence-electron chi connectivity index (χ1n) is 13.2. The Morgan fingerprint density at radius 2 is 1.95 bits per heavy atom. The van der Waals surface area contributed by atoms with Crippen molar-refractivity contribution >= 4 is 28.6 Å². The Labute approximate surface area is 230 Å². The molecule has 1 unspecified atom stereocenters. The van der Waals surface area contributed by atoms with Crippen molar-refractivity contribution in [3.8, 4) is 5.75 Å². The molecule has 8 nitrogen and oxygen atoms in total. The molecule has 1 amide bonds. The lowest BCUT2D eigenvalue weighted by Crippen LogP contribution is -2.49. The second-order valence-electron chi connectivity index (χ2n) is 10.3. The molecule has 1 saturated heterocycles. The third kappa shape index (κ3) is 5.23. The number of carbonyl (C=O) groups excluding carboxylic acids is 1. The van der Waals surface area contributed by atoms with Crippen LogP contribution in [0.2, 0.25) is 0 Å². The van der Waals surface area contributed by atoms with Crippen LogP contribution in [0.15, 0.2) is 70.6 Å². The fourth-order valence-corrected chi connectivity index (χ4v) is 5.53. The number of likely N-dealkylation sites (tertiary alicyclic amines) is 1. The summed E-state index contributed by atoms with van der Waals surface area (Å²) in [6, 6.07) is 12.1. The van der Waals surface area contributed by atoms with Crippen molar-refractivity contribution in [3.05, 3.63) is 82.3 Å². The number of hydrogen-bond acceptors (Lipinski definition) is 5. The summed E-state index contributed by atoms with van der Waals surface area (Å²) in [6.07, 6.45) is 4.71. The lowest BCUT2D eigenvalue weighted by Gasteiger charge is -2.43. The van der Waals surface area contributed by atoms with Crippen molar-refractivity contribution in [2.75, 3.05) is 13.1 Å². The summed E-state index contributed by atoms with van der Waals surface area (Å²) in [5, 5.41) is 0.506. The van der Waals surface area contributed by atoms with Crippen LogP contribution in [0.4, 0.5) is 8.78 Å². The number of amides is 1. The van der Waals surface area contributed by atoms with Gasteiger partial charge in [-0.2, -0.15) is 8.78 Å². The topological polar surface area (TPSA) is 78.1 Å². The van der Waals surface area contributed by atoms with Crippen molar-refractivity contribution in [1.29, 1.82) is 0 Å². The van der Waals surface area contributed by atoms with Gasteiger partial charge in [0.05, 0.1) is 29.2 Å². The highest BCUT2D eigenvalue weighted by Crippen LogP contribution is 2.37. The molecule has 0 bridgehead atoms. The Kier molecular flexibility index (Phi) is 7.46. The number of aliphatic imine (C=N–C) groups is 1. The maximum absolute atomic E-state index is 13.0. The molecular weight excluding hydrogens is 518 g/mol. The fourth-order valence-electron chi connectivity index (χ4n) is 5.53. The van der Waals surface area contributed by atoms with E-state index in [1.807, 2.05) is 30.0 Å². The van der Waals surface area contributed by atoms with Crippen molar-refractivity contribution in [2.24, 2.45) is 12.0 Å². The summed E-state index contributed by atoms with van der Waals surface area (Å²) in [4.78, 5) is 31.3. The Balaban J connectivity index is 1.48. The smallest absolute Gasteiger partial charge is 0.387 e. The zero-order chi connectivity index (χ0) is 28.6. The number of fused-ring (bicyclic) bond motifs is 1. The van der Waals surface area contributed by atoms with Gasteiger partial charge in [0.2, 0.25) is 5.91 Å². The number of halogens is 2. The highest BCUT2D eigenvalue weighted by Gasteiger charge is 2.40. The van der Waals surface area contributed by atoms with Crippen LogP contribution in [0.5, 0.6) is 5.75 Å². The van der Waals surface area contributed by atoms with Gasteiger partial charge in [0.15, 0.2) is 0 Å². The SMILES string of the molecule is C=C1/N=C\C(c2ccc3c(=O)n(C)n(Cc4ccccc4OC(F)F)c3c2)=C/C(C)OC12CCN(C(C)=O)CC2. The highest BCUT2D eigenvalue weighted by molar-refractivity contribution is 6.11. The van der Waals surface area contributed by atoms with E-state index < -0.39 is 12.2 Å². The molecule has 2 aliphatic rings. The number of aromatic nitrogens is 2. The molecule has 1 atom stereocenters. The number of alkyl halides is 2. The average Bonchev–Trinajstić information content (AvgIpc) is 3.15. The van der Waals surface area contributed by atoms with Gasteiger partial charge in [-0.3, -0.25) is 23.9 Å². The van der Waals surface area contributed by atoms with Crippen LogP contribution < -0.4 is 10.3 Å². The number of benzene rings is 2. The zero-order valence-corrected chi connectivity index (χ0v) is 22.8. The number of rotatable bonds is 5. The van der Waals surface area contributed by atoms with Crippen LogP contribution in [-0.4, -0.2) is 57.8 Å². The largest absolute Gasteiger partial charge is 0.434 e. The van der Waals surface area contributed by atoms with Crippen molar-refractivity contribution < 1.29 is 23.0 Å². The monoisotopic (exact) mass is 550 g/mol. The van der Waals surface area contributed by atoms with E-state index in [2.05, 4.69) is 11.6 Å². The first-order chi connectivity index (χ1) is 19.1. The van der Waals surface area contributed by atoms with E-state index in [0.29, 0.717) is 48.1 Å². The zero-order valence-electron chi connectivity index (χ0n) is 22.8. The normalized spacial score (nSPS) is 21.2. The minimum absolute atomic E-state index is 0.0462. The summed E-state index contributed by atoms with van der Waals surface area (Å²) >= 11 is 0. The second-order valence-corrected chi connectivity index (χ2v) is 10.3. The van der Waals surface area contributed by atoms with E-state index >= 15 is 0 Å². The van der Waals surface area contributed by atoms with Crippen LogP contribution in [0.3, 0.4) is 0 Å². The molecule has 1 spiro atoms. The molecule has 0 radical (unpaired) electrons. The van der Waals surface area contributed by atoms with Crippen LogP contribution >= 0.6 is 0 Å². The third-order valence-corrected chi connectivity index (χ3v) is 7.73. The number of allylic oxidation sites excluding steroid dienone is 1. The van der Waals surface area contributed by atoms with E-state index in [-0.39, 0.29) is 29.9 Å². The van der Waals surface area contributed by atoms with E-state index in [0.717, 1.165) is 11.1 Å². The van der Waals surface area contributed by atoms with Crippen LogP contribution in [0.1, 0.15) is 37.8 Å². The van der Waals surface area contributed by atoms with E-state index in [9.17, 15) is 18.4 Å². The van der Waals surface area contributed by atoms with E-state index in [1.54, 1.807) is 49.1 Å². The molecular formula is C30H32F2N4O4. The molecule has 5 rings (SSSR count). The number of carbonyl (C=O) groups is 1. The molecule has 10 heteroatoms. The average molecular weight is 551 g/mol. The standard InChI is InChI=1S/C30H32F2N4O4/c1-19-15-24(17-33-20(2)30(40-19)11-13-35(14-12-30)21(3)37)22-9-10-25-26(16-22)36(34(4)28(25)38)18-23-7-5-6-8-27(23)39-29(31)32/h5-10,15-17,19,29H,2,11-14,18H2,1,3-4H3/b24-15+,33-17-. The summed E-state index contributed by atoms with van der Waals surface area (Å²) in [5.74, 6) is 0.107. The van der Waals surface area contributed by atoms with E-state index in [1.165, 1.54) is 10.7 Å². The minimum atomic E-state index is -2.96. The molecule has 3 aromatic rings. The number of ether oxygens (including phenoxy) is 2. The van der Waals surface area contributed by atoms with Crippen molar-refractivity contribution in [3.63, 3.8) is 0 Å². The van der Waals surface area contributed by atoms with Gasteiger partial charge in [0.1, 0.15) is 11.4 Å². The summed E-state index contributed by atoms with van der Waals surface area (Å²) < 4.78 is 40.4. The molecule has 0 N–H and O–H groups in total. The first kappa shape index (κ1) is 27.5. The maximum atomic E-state index is 13.0. The Morgan fingerprint density at radius 3 is 2.65 bits per heavy atom. The number of para-hydroxylation sites is 1. The van der Waals surface area contributed by atoms with Gasteiger partial charge in [-0.15, -0.1) is 0 Å². The highest BCUT2D eigenvalue weighted by atomic mass is 19.3. The van der Waals surface area contributed by atoms with Gasteiger partial charge in [-0.1, -0.05) is 30.8 Å². The summed E-state index contributed by atoms with van der Waals surface area (Å²) in [5.41, 5.74) is 2.57. The summed E-state index contributed by atoms with van der Waals surface area (Å²) in [6.45, 7) is 6.11. The molecule has 1 aromatic heterocycles. The van der Waals surface area contributed by atoms with Gasteiger partial charge in [-0.25, -0.2) is 0 Å². The molecule has 0 saturated carbocycles. The van der Waals surface area contributed by atoms with Crippen molar-refractivity contribution in [1.82, 2.24) is 14.3 Å². The Morgan fingerprint density at radius 1 is 1.23 bits per heavy atom. The van der Waals surface area contributed by atoms with Crippen LogP contribution in [0.25, 0.3) is 16.5 Å². The molecule has 40 heavy (non-hydrogen) atoms. The quantitative estimate of drug-likeness (QED) is 0.459. The summed E-state index contributed by atoms with van der Waals surface area (Å²) in [7, 11) is 1.64. The third-order valence-electron chi connectivity index (χ3n) is 7.73. The van der Waals surface area contributed by atoms with Crippen molar-refractivity contribution in [2.45, 2.75) is 51.6 Å². The second kappa shape index (κ2) is 10.8. The van der Waals surface area contributed by atoms with E-state index in [4.69, 9.17) is 9.47 Å². The lowest BCUT2D eigenvalue weighted by atomic mass is 9.87. The molecule has 210 valence electrons. The molecule has 1 fully saturated rings. The first-order valence-corrected chi connectivity index (χ1v) is 13.2. The molecule has 2 aliphatic heterocycles. The Bertz CT molecular complexity index is 1580. The van der Waals surface area contributed by atoms with Gasteiger partial charge in [0, 0.05) is 38.8 Å². The molecule has 0 aliphatic carbocycles. The predicted molar refractivity (Wildman–Crippen MR) is 150 cm³/mol. The van der Waals surface area contributed by atoms with Crippen LogP contribution in [-0.2, 0) is 23.1 Å². The van der Waals surface area contributed by atoms with Gasteiger partial charge < -0.3 is 14.4 Å². The van der Waals surface area contributed by atoms with Gasteiger partial charge in [-0.05, 0) is 55.2 Å².